The van der Waals surface area contributed by atoms with Crippen molar-refractivity contribution >= 4 is 28.7 Å². The van der Waals surface area contributed by atoms with E-state index < -0.39 is 6.43 Å². The summed E-state index contributed by atoms with van der Waals surface area (Å²) in [7, 11) is 0. The minimum absolute atomic E-state index is 0.00872. The van der Waals surface area contributed by atoms with E-state index >= 15 is 8.78 Å². The fourth-order valence-electron chi connectivity index (χ4n) is 7.80. The summed E-state index contributed by atoms with van der Waals surface area (Å²) in [5.41, 5.74) is 6.15. The molecule has 0 bridgehead atoms. The third-order valence-corrected chi connectivity index (χ3v) is 10.2. The second kappa shape index (κ2) is 12.0. The van der Waals surface area contributed by atoms with Crippen molar-refractivity contribution in [3.05, 3.63) is 59.2 Å². The third kappa shape index (κ3) is 5.02. The largest absolute Gasteiger partial charge is 0.381 e. The lowest BCUT2D eigenvalue weighted by atomic mass is 9.92. The number of benzene rings is 1. The highest BCUT2D eigenvalue weighted by atomic mass is 19.3. The number of hydrogen-bond donors (Lipinski definition) is 1. The Balaban J connectivity index is 1.22. The lowest BCUT2D eigenvalue weighted by molar-refractivity contribution is -0.129. The number of amides is 1. The number of rotatable bonds is 5. The number of fused-ring (bicyclic) bond motifs is 3. The summed E-state index contributed by atoms with van der Waals surface area (Å²) in [4.78, 5) is 23.3. The minimum Gasteiger partial charge on any atom is -0.381 e. The van der Waals surface area contributed by atoms with Gasteiger partial charge in [-0.1, -0.05) is 0 Å². The van der Waals surface area contributed by atoms with Gasteiger partial charge in [0.2, 0.25) is 5.91 Å². The van der Waals surface area contributed by atoms with Gasteiger partial charge in [-0.2, -0.15) is 5.10 Å². The number of halogens is 2. The lowest BCUT2D eigenvalue weighted by Gasteiger charge is -2.33. The van der Waals surface area contributed by atoms with Gasteiger partial charge in [-0.3, -0.25) is 14.5 Å². The average Bonchev–Trinajstić information content (AvgIpc) is 3.70. The van der Waals surface area contributed by atoms with E-state index in [0.717, 1.165) is 104 Å². The van der Waals surface area contributed by atoms with Gasteiger partial charge < -0.3 is 29.2 Å². The second-order valence-corrected chi connectivity index (χ2v) is 12.8. The van der Waals surface area contributed by atoms with Crippen molar-refractivity contribution in [1.82, 2.24) is 29.4 Å². The predicted molar refractivity (Wildman–Crippen MR) is 172 cm³/mol. The van der Waals surface area contributed by atoms with Gasteiger partial charge in [0.15, 0.2) is 5.82 Å². The molecule has 0 radical (unpaired) electrons. The van der Waals surface area contributed by atoms with Crippen molar-refractivity contribution in [3.8, 4) is 11.1 Å². The van der Waals surface area contributed by atoms with Crippen LogP contribution in [0.5, 0.6) is 0 Å². The van der Waals surface area contributed by atoms with Crippen LogP contribution < -0.4 is 15.1 Å². The molecule has 4 aliphatic rings. The zero-order valence-electron chi connectivity index (χ0n) is 26.2. The van der Waals surface area contributed by atoms with E-state index in [-0.39, 0.29) is 17.5 Å². The van der Waals surface area contributed by atoms with Gasteiger partial charge in [-0.15, -0.1) is 0 Å². The number of nitrogens with zero attached hydrogens (tertiary/aromatic N) is 7. The molecule has 0 aliphatic carbocycles. The van der Waals surface area contributed by atoms with Crippen LogP contribution in [0, 0.1) is 0 Å². The summed E-state index contributed by atoms with van der Waals surface area (Å²) in [6, 6.07) is 5.83. The van der Waals surface area contributed by atoms with Gasteiger partial charge in [0.25, 0.3) is 6.43 Å². The molecule has 2 saturated heterocycles. The summed E-state index contributed by atoms with van der Waals surface area (Å²) in [5, 5.41) is 8.60. The van der Waals surface area contributed by atoms with Crippen LogP contribution in [0.15, 0.2) is 36.8 Å². The molecule has 46 heavy (non-hydrogen) atoms. The Morgan fingerprint density at radius 1 is 1.04 bits per heavy atom. The van der Waals surface area contributed by atoms with Crippen LogP contribution in [0.1, 0.15) is 61.0 Å². The van der Waals surface area contributed by atoms with Crippen LogP contribution in [0.2, 0.25) is 0 Å². The topological polar surface area (TPSA) is 83.2 Å². The molecule has 0 spiro atoms. The van der Waals surface area contributed by atoms with Gasteiger partial charge in [-0.05, 0) is 55.0 Å². The molecule has 7 heterocycles. The first kappa shape index (κ1) is 29.4. The zero-order chi connectivity index (χ0) is 31.4. The van der Waals surface area contributed by atoms with E-state index in [9.17, 15) is 4.79 Å². The maximum Gasteiger partial charge on any atom is 0.264 e. The summed E-state index contributed by atoms with van der Waals surface area (Å²) in [5.74, 6) is 1.80. The first-order chi connectivity index (χ1) is 22.5. The number of aryl methyl sites for hydroxylation is 1. The molecule has 0 unspecified atom stereocenters. The molecule has 12 heteroatoms. The number of carbonyl (C=O) groups excluding carboxylic acids is 1. The molecule has 3 aromatic heterocycles. The quantitative estimate of drug-likeness (QED) is 0.337. The van der Waals surface area contributed by atoms with Crippen LogP contribution in [0.4, 0.5) is 26.1 Å². The Kier molecular flexibility index (Phi) is 7.64. The van der Waals surface area contributed by atoms with Crippen molar-refractivity contribution in [2.45, 2.75) is 58.0 Å². The molecule has 1 amide bonds. The Morgan fingerprint density at radius 3 is 2.65 bits per heavy atom. The van der Waals surface area contributed by atoms with Crippen LogP contribution in [0.25, 0.3) is 16.6 Å². The monoisotopic (exact) mass is 630 g/mol. The molecule has 4 aromatic rings. The number of aromatic nitrogens is 4. The maximum absolute atomic E-state index is 15.0. The molecule has 8 rings (SSSR count). The van der Waals surface area contributed by atoms with Crippen molar-refractivity contribution in [3.63, 3.8) is 0 Å². The molecule has 0 atom stereocenters. The maximum atomic E-state index is 15.0. The molecule has 1 N–H and O–H groups in total. The van der Waals surface area contributed by atoms with Crippen molar-refractivity contribution in [2.75, 3.05) is 62.3 Å². The van der Waals surface area contributed by atoms with E-state index in [1.165, 1.54) is 0 Å². The summed E-state index contributed by atoms with van der Waals surface area (Å²) in [6.45, 7) is 8.33. The molecule has 4 aliphatic heterocycles. The van der Waals surface area contributed by atoms with Gasteiger partial charge in [0, 0.05) is 100 Å². The van der Waals surface area contributed by atoms with Gasteiger partial charge in [-0.25, -0.2) is 8.78 Å². The van der Waals surface area contributed by atoms with Crippen molar-refractivity contribution in [2.24, 2.45) is 0 Å². The first-order valence-corrected chi connectivity index (χ1v) is 16.5. The second-order valence-electron chi connectivity index (χ2n) is 12.8. The van der Waals surface area contributed by atoms with E-state index in [1.807, 2.05) is 29.4 Å². The third-order valence-electron chi connectivity index (χ3n) is 10.2. The SMILES string of the molecule is CC(=O)N1CCc2c(c(N3CCCc4cc(-c5ccn6c(N7CCNCC7)cncc56)c(C(F)F)cc43)nn2C2CCOCC2)C1. The number of carbonyl (C=O) groups is 1. The van der Waals surface area contributed by atoms with Crippen LogP contribution in [-0.2, 0) is 28.9 Å². The highest BCUT2D eigenvalue weighted by molar-refractivity contribution is 5.86. The Bertz CT molecular complexity index is 1770. The number of hydrogen-bond acceptors (Lipinski definition) is 7. The minimum atomic E-state index is -2.66. The van der Waals surface area contributed by atoms with Gasteiger partial charge in [0.05, 0.1) is 30.5 Å². The van der Waals surface area contributed by atoms with E-state index in [0.29, 0.717) is 38.4 Å². The predicted octanol–water partition coefficient (Wildman–Crippen LogP) is 4.89. The fraction of sp³-hybridized carbons (Fsp3) is 0.500. The number of nitrogens with one attached hydrogen (secondary N) is 1. The van der Waals surface area contributed by atoms with Crippen LogP contribution in [-0.4, -0.2) is 82.5 Å². The summed E-state index contributed by atoms with van der Waals surface area (Å²) < 4.78 is 39.9. The normalized spacial score (nSPS) is 19.2. The van der Waals surface area contributed by atoms with Crippen LogP contribution in [0.3, 0.4) is 0 Å². The lowest BCUT2D eigenvalue weighted by Crippen LogP contribution is -2.44. The van der Waals surface area contributed by atoms with E-state index in [2.05, 4.69) is 29.2 Å². The van der Waals surface area contributed by atoms with Gasteiger partial charge in [0.1, 0.15) is 5.82 Å². The highest BCUT2D eigenvalue weighted by Gasteiger charge is 2.34. The molecule has 0 saturated carbocycles. The van der Waals surface area contributed by atoms with E-state index in [1.54, 1.807) is 19.2 Å². The zero-order valence-corrected chi connectivity index (χ0v) is 26.2. The average molecular weight is 631 g/mol. The molecular formula is C34H40F2N8O2. The standard InChI is InChI=1S/C34H40F2N8O2/c1-22(45)41-11-5-29-28(21-41)34(39-44(29)24-6-15-46-16-7-24)43-10-2-3-23-17-26(27(33(35)36)18-30(23)43)25-4-12-42-31(25)19-38-20-32(42)40-13-8-37-9-14-40/h4,12,17-20,24,33,37H,2-3,5-11,13-16,21H2,1H3. The van der Waals surface area contributed by atoms with Gasteiger partial charge >= 0.3 is 0 Å². The molecule has 2 fully saturated rings. The Morgan fingerprint density at radius 2 is 1.87 bits per heavy atom. The van der Waals surface area contributed by atoms with E-state index in [4.69, 9.17) is 9.84 Å². The number of piperazine rings is 1. The number of anilines is 3. The first-order valence-electron chi connectivity index (χ1n) is 16.5. The molecule has 1 aromatic carbocycles. The summed E-state index contributed by atoms with van der Waals surface area (Å²) >= 11 is 0. The molecule has 10 nitrogen and oxygen atoms in total. The molecule has 242 valence electrons. The van der Waals surface area contributed by atoms with Crippen molar-refractivity contribution in [1.29, 1.82) is 0 Å². The smallest absolute Gasteiger partial charge is 0.264 e. The molecular weight excluding hydrogens is 590 g/mol. The highest BCUT2D eigenvalue weighted by Crippen LogP contribution is 2.44. The fourth-order valence-corrected chi connectivity index (χ4v) is 7.80. The Hall–Kier alpha value is -4.03. The number of alkyl halides is 2. The van der Waals surface area contributed by atoms with Crippen LogP contribution >= 0.6 is 0 Å². The Labute approximate surface area is 266 Å². The summed E-state index contributed by atoms with van der Waals surface area (Å²) in [6.07, 6.45) is 7.11. The van der Waals surface area contributed by atoms with Crippen molar-refractivity contribution < 1.29 is 18.3 Å². The number of ether oxygens (including phenoxy) is 1.